The fourth-order valence-electron chi connectivity index (χ4n) is 1.27. The number of hydrogen-bond acceptors (Lipinski definition) is 4. The van der Waals surface area contributed by atoms with Crippen molar-refractivity contribution < 1.29 is 9.53 Å². The van der Waals surface area contributed by atoms with Crippen LogP contribution in [0.2, 0.25) is 0 Å². The molecule has 0 amide bonds. The van der Waals surface area contributed by atoms with Gasteiger partial charge in [-0.1, -0.05) is 37.3 Å². The van der Waals surface area contributed by atoms with E-state index in [1.807, 2.05) is 37.3 Å². The van der Waals surface area contributed by atoms with Crippen LogP contribution in [0, 0.1) is 11.5 Å². The molecule has 2 N–H and O–H groups in total. The van der Waals surface area contributed by atoms with Gasteiger partial charge in [-0.2, -0.15) is 0 Å². The molecule has 0 aliphatic rings. The molecule has 4 heteroatoms. The highest BCUT2D eigenvalue weighted by Gasteiger charge is 2.09. The van der Waals surface area contributed by atoms with Crippen LogP contribution in [-0.4, -0.2) is 5.97 Å². The number of nitrogens with two attached hydrogens (primary N) is 1. The standard InChI is InChI=1S/C12H12N2O2/c1-9(10-5-3-2-4-6-10)11(14)7-12(15)16-8-13/h2-7,9H,14H2,1H3. The van der Waals surface area contributed by atoms with E-state index in [1.54, 1.807) is 0 Å². The summed E-state index contributed by atoms with van der Waals surface area (Å²) in [4.78, 5) is 11.0. The van der Waals surface area contributed by atoms with Crippen LogP contribution in [0.3, 0.4) is 0 Å². The second-order valence-corrected chi connectivity index (χ2v) is 3.29. The third kappa shape index (κ3) is 3.14. The zero-order valence-electron chi connectivity index (χ0n) is 8.88. The summed E-state index contributed by atoms with van der Waals surface area (Å²) in [6.07, 6.45) is 2.43. The van der Waals surface area contributed by atoms with E-state index in [0.29, 0.717) is 5.70 Å². The SMILES string of the molecule is CC(C(N)=CC(=O)OC#N)c1ccccc1. The predicted molar refractivity (Wildman–Crippen MR) is 58.8 cm³/mol. The van der Waals surface area contributed by atoms with Crippen molar-refractivity contribution in [2.45, 2.75) is 12.8 Å². The zero-order chi connectivity index (χ0) is 12.0. The molecule has 1 aromatic rings. The fourth-order valence-corrected chi connectivity index (χ4v) is 1.27. The highest BCUT2D eigenvalue weighted by Crippen LogP contribution is 2.19. The monoisotopic (exact) mass is 216 g/mol. The Balaban J connectivity index is 2.79. The molecule has 0 saturated carbocycles. The summed E-state index contributed by atoms with van der Waals surface area (Å²) in [5.74, 6) is -0.838. The van der Waals surface area contributed by atoms with Crippen molar-refractivity contribution in [3.05, 3.63) is 47.7 Å². The van der Waals surface area contributed by atoms with Crippen LogP contribution in [0.25, 0.3) is 0 Å². The average molecular weight is 216 g/mol. The lowest BCUT2D eigenvalue weighted by Crippen LogP contribution is -2.10. The summed E-state index contributed by atoms with van der Waals surface area (Å²) >= 11 is 0. The van der Waals surface area contributed by atoms with Gasteiger partial charge in [-0.3, -0.25) is 0 Å². The molecular weight excluding hydrogens is 204 g/mol. The number of esters is 1. The van der Waals surface area contributed by atoms with Crippen molar-refractivity contribution in [1.29, 1.82) is 5.26 Å². The van der Waals surface area contributed by atoms with Crippen molar-refractivity contribution in [2.24, 2.45) is 5.73 Å². The van der Waals surface area contributed by atoms with Crippen molar-refractivity contribution in [3.8, 4) is 6.26 Å². The number of ether oxygens (including phenoxy) is 1. The van der Waals surface area contributed by atoms with E-state index < -0.39 is 5.97 Å². The van der Waals surface area contributed by atoms with Gasteiger partial charge in [0.25, 0.3) is 6.26 Å². The Labute approximate surface area is 93.9 Å². The van der Waals surface area contributed by atoms with E-state index in [0.717, 1.165) is 11.6 Å². The number of allylic oxidation sites excluding steroid dienone is 1. The van der Waals surface area contributed by atoms with Gasteiger partial charge in [0.15, 0.2) is 0 Å². The molecule has 82 valence electrons. The largest absolute Gasteiger partial charge is 0.401 e. The Hall–Kier alpha value is -2.28. The van der Waals surface area contributed by atoms with Crippen LogP contribution < -0.4 is 5.73 Å². The van der Waals surface area contributed by atoms with Crippen LogP contribution in [0.15, 0.2) is 42.1 Å². The second kappa shape index (κ2) is 5.56. The molecule has 4 nitrogen and oxygen atoms in total. The van der Waals surface area contributed by atoms with Gasteiger partial charge in [0.1, 0.15) is 0 Å². The van der Waals surface area contributed by atoms with E-state index in [9.17, 15) is 4.79 Å². The molecule has 0 aromatic heterocycles. The number of benzene rings is 1. The van der Waals surface area contributed by atoms with Gasteiger partial charge in [-0.15, -0.1) is 5.26 Å². The summed E-state index contributed by atoms with van der Waals surface area (Å²) in [6.45, 7) is 1.88. The summed E-state index contributed by atoms with van der Waals surface area (Å²) in [7, 11) is 0. The highest BCUT2D eigenvalue weighted by atomic mass is 16.5. The van der Waals surface area contributed by atoms with Crippen LogP contribution in [-0.2, 0) is 9.53 Å². The van der Waals surface area contributed by atoms with Gasteiger partial charge in [-0.05, 0) is 5.56 Å². The third-order valence-corrected chi connectivity index (χ3v) is 2.23. The smallest absolute Gasteiger partial charge is 0.347 e. The van der Waals surface area contributed by atoms with Crippen molar-refractivity contribution in [1.82, 2.24) is 0 Å². The molecule has 1 atom stereocenters. The van der Waals surface area contributed by atoms with Crippen LogP contribution in [0.5, 0.6) is 0 Å². The Morgan fingerprint density at radius 3 is 2.69 bits per heavy atom. The normalized spacial score (nSPS) is 12.6. The number of carbonyl (C=O) groups is 1. The first-order chi connectivity index (χ1) is 7.65. The molecule has 1 aromatic carbocycles. The van der Waals surface area contributed by atoms with Crippen molar-refractivity contribution in [3.63, 3.8) is 0 Å². The molecule has 0 spiro atoms. The quantitative estimate of drug-likeness (QED) is 0.473. The summed E-state index contributed by atoms with van der Waals surface area (Å²) in [6, 6.07) is 9.53. The lowest BCUT2D eigenvalue weighted by atomic mass is 9.98. The maximum absolute atomic E-state index is 11.0. The van der Waals surface area contributed by atoms with Crippen LogP contribution in [0.1, 0.15) is 18.4 Å². The number of carbonyl (C=O) groups excluding carboxylic acids is 1. The van der Waals surface area contributed by atoms with Crippen LogP contribution in [0.4, 0.5) is 0 Å². The molecule has 0 aliphatic carbocycles. The Morgan fingerprint density at radius 1 is 1.50 bits per heavy atom. The van der Waals surface area contributed by atoms with Crippen molar-refractivity contribution >= 4 is 5.97 Å². The van der Waals surface area contributed by atoms with Gasteiger partial charge < -0.3 is 10.5 Å². The zero-order valence-corrected chi connectivity index (χ0v) is 8.88. The number of nitriles is 1. The second-order valence-electron chi connectivity index (χ2n) is 3.29. The van der Waals surface area contributed by atoms with Gasteiger partial charge in [0.05, 0.1) is 0 Å². The molecule has 1 unspecified atom stereocenters. The first-order valence-corrected chi connectivity index (χ1v) is 4.77. The van der Waals surface area contributed by atoms with E-state index in [1.165, 1.54) is 6.26 Å². The summed E-state index contributed by atoms with van der Waals surface area (Å²) in [5.41, 5.74) is 7.10. The molecule has 0 saturated heterocycles. The molecular formula is C12H12N2O2. The molecule has 0 heterocycles. The van der Waals surface area contributed by atoms with Gasteiger partial charge in [0, 0.05) is 17.7 Å². The average Bonchev–Trinajstić information content (AvgIpc) is 2.29. The van der Waals surface area contributed by atoms with E-state index >= 15 is 0 Å². The molecule has 0 radical (unpaired) electrons. The maximum Gasteiger partial charge on any atom is 0.347 e. The number of nitrogens with zero attached hydrogens (tertiary/aromatic N) is 1. The van der Waals surface area contributed by atoms with Crippen molar-refractivity contribution in [2.75, 3.05) is 0 Å². The minimum atomic E-state index is -0.747. The molecule has 0 aliphatic heterocycles. The predicted octanol–water partition coefficient (Wildman–Crippen LogP) is 1.66. The topological polar surface area (TPSA) is 76.1 Å². The first kappa shape index (κ1) is 11.8. The van der Waals surface area contributed by atoms with Crippen LogP contribution >= 0.6 is 0 Å². The Kier molecular flexibility index (Phi) is 4.10. The van der Waals surface area contributed by atoms with Gasteiger partial charge >= 0.3 is 5.97 Å². The van der Waals surface area contributed by atoms with Gasteiger partial charge in [-0.25, -0.2) is 4.79 Å². The number of hydrogen-bond donors (Lipinski definition) is 1. The Bertz CT molecular complexity index is 432. The van der Waals surface area contributed by atoms with E-state index in [4.69, 9.17) is 11.0 Å². The lowest BCUT2D eigenvalue weighted by molar-refractivity contribution is -0.131. The van der Waals surface area contributed by atoms with Gasteiger partial charge in [0.2, 0.25) is 0 Å². The Morgan fingerprint density at radius 2 is 2.12 bits per heavy atom. The third-order valence-electron chi connectivity index (χ3n) is 2.23. The first-order valence-electron chi connectivity index (χ1n) is 4.77. The summed E-state index contributed by atoms with van der Waals surface area (Å²) < 4.78 is 4.11. The van der Waals surface area contributed by atoms with E-state index in [2.05, 4.69) is 4.74 Å². The molecule has 0 bridgehead atoms. The maximum atomic E-state index is 11.0. The summed E-state index contributed by atoms with van der Waals surface area (Å²) in [5, 5.41) is 8.14. The minimum Gasteiger partial charge on any atom is -0.401 e. The molecule has 16 heavy (non-hydrogen) atoms. The molecule has 1 rings (SSSR count). The fraction of sp³-hybridized carbons (Fsp3) is 0.167. The molecule has 0 fully saturated rings. The highest BCUT2D eigenvalue weighted by molar-refractivity contribution is 5.83. The van der Waals surface area contributed by atoms with E-state index in [-0.39, 0.29) is 5.92 Å². The lowest BCUT2D eigenvalue weighted by Gasteiger charge is -2.11. The number of rotatable bonds is 3. The minimum absolute atomic E-state index is 0.0903.